The lowest BCUT2D eigenvalue weighted by Gasteiger charge is -2.19. The van der Waals surface area contributed by atoms with E-state index in [0.717, 1.165) is 12.3 Å². The lowest BCUT2D eigenvalue weighted by molar-refractivity contribution is -0.146. The van der Waals surface area contributed by atoms with Crippen LogP contribution in [0.5, 0.6) is 0 Å². The van der Waals surface area contributed by atoms with Crippen LogP contribution in [0.25, 0.3) is 0 Å². The maximum atomic E-state index is 13.2. The Morgan fingerprint density at radius 2 is 1.81 bits per heavy atom. The molecule has 1 rings (SSSR count). The molecule has 2 nitrogen and oxygen atoms in total. The third-order valence-corrected chi connectivity index (χ3v) is 1.90. The van der Waals surface area contributed by atoms with Crippen LogP contribution in [-0.4, -0.2) is 16.7 Å². The van der Waals surface area contributed by atoms with Gasteiger partial charge in [0.15, 0.2) is 5.69 Å². The predicted octanol–water partition coefficient (Wildman–Crippen LogP) is 2.57. The van der Waals surface area contributed by atoms with Gasteiger partial charge in [-0.05, 0) is 12.1 Å². The molecule has 0 fully saturated rings. The van der Waals surface area contributed by atoms with E-state index < -0.39 is 36.4 Å². The number of aliphatic hydroxyl groups is 1. The molecular formula is C9H8F5NO. The molecule has 90 valence electrons. The van der Waals surface area contributed by atoms with E-state index in [4.69, 9.17) is 5.11 Å². The molecule has 0 amide bonds. The minimum absolute atomic E-state index is 0.658. The molecule has 1 N–H and O–H groups in total. The predicted molar refractivity (Wildman–Crippen MR) is 44.8 cm³/mol. The summed E-state index contributed by atoms with van der Waals surface area (Å²) in [5, 5.41) is 8.38. The third-order valence-electron chi connectivity index (χ3n) is 1.90. The number of hydrogen-bond donors (Lipinski definition) is 1. The van der Waals surface area contributed by atoms with Crippen LogP contribution in [0.15, 0.2) is 18.3 Å². The van der Waals surface area contributed by atoms with Crippen LogP contribution in [0.4, 0.5) is 22.0 Å². The summed E-state index contributed by atoms with van der Waals surface area (Å²) < 4.78 is 63.6. The number of aliphatic hydroxyl groups excluding tert-OH is 1. The average molecular weight is 241 g/mol. The molecule has 0 aromatic carbocycles. The summed E-state index contributed by atoms with van der Waals surface area (Å²) in [5.41, 5.74) is -2.83. The van der Waals surface area contributed by atoms with Gasteiger partial charge >= 0.3 is 6.18 Å². The van der Waals surface area contributed by atoms with Crippen LogP contribution in [0.3, 0.4) is 0 Å². The summed E-state index contributed by atoms with van der Waals surface area (Å²) in [6.45, 7) is -0.904. The normalized spacial score (nSPS) is 12.9. The summed E-state index contributed by atoms with van der Waals surface area (Å²) in [6.07, 6.45) is -5.21. The topological polar surface area (TPSA) is 33.1 Å². The lowest BCUT2D eigenvalue weighted by Crippen LogP contribution is -2.22. The summed E-state index contributed by atoms with van der Waals surface area (Å²) in [5.74, 6) is -3.74. The van der Waals surface area contributed by atoms with E-state index in [9.17, 15) is 22.0 Å². The molecule has 1 aromatic heterocycles. The smallest absolute Gasteiger partial charge is 0.396 e. The second kappa shape index (κ2) is 4.32. The zero-order valence-electron chi connectivity index (χ0n) is 7.93. The molecule has 0 aliphatic carbocycles. The maximum Gasteiger partial charge on any atom is 0.433 e. The van der Waals surface area contributed by atoms with Crippen LogP contribution in [0, 0.1) is 0 Å². The molecule has 0 spiro atoms. The zero-order chi connectivity index (χ0) is 12.4. The van der Waals surface area contributed by atoms with Crippen molar-refractivity contribution in [3.05, 3.63) is 29.6 Å². The van der Waals surface area contributed by atoms with Gasteiger partial charge in [0, 0.05) is 19.2 Å². The van der Waals surface area contributed by atoms with E-state index in [1.54, 1.807) is 0 Å². The largest absolute Gasteiger partial charge is 0.433 e. The van der Waals surface area contributed by atoms with Gasteiger partial charge in [-0.2, -0.15) is 13.2 Å². The highest BCUT2D eigenvalue weighted by Gasteiger charge is 2.43. The third kappa shape index (κ3) is 2.66. The van der Waals surface area contributed by atoms with Gasteiger partial charge < -0.3 is 5.11 Å². The number of halogens is 5. The first-order valence-corrected chi connectivity index (χ1v) is 4.30. The Kier molecular flexibility index (Phi) is 3.47. The van der Waals surface area contributed by atoms with Gasteiger partial charge in [0.1, 0.15) is 0 Å². The summed E-state index contributed by atoms with van der Waals surface area (Å²) in [6, 6.07) is 1.65. The number of hydrogen-bond acceptors (Lipinski definition) is 2. The molecule has 0 saturated heterocycles. The first kappa shape index (κ1) is 12.8. The molecule has 0 saturated carbocycles. The molecule has 16 heavy (non-hydrogen) atoms. The van der Waals surface area contributed by atoms with Gasteiger partial charge in [-0.1, -0.05) is 0 Å². The Balaban J connectivity index is 3.23. The molecule has 0 radical (unpaired) electrons. The van der Waals surface area contributed by atoms with E-state index in [1.807, 2.05) is 0 Å². The van der Waals surface area contributed by atoms with Crippen molar-refractivity contribution in [1.82, 2.24) is 4.98 Å². The molecular weight excluding hydrogens is 233 g/mol. The fraction of sp³-hybridized carbons (Fsp3) is 0.444. The monoisotopic (exact) mass is 241 g/mol. The van der Waals surface area contributed by atoms with E-state index in [1.165, 1.54) is 0 Å². The summed E-state index contributed by atoms with van der Waals surface area (Å²) in [7, 11) is 0. The fourth-order valence-electron chi connectivity index (χ4n) is 1.20. The molecule has 0 aliphatic heterocycles. The van der Waals surface area contributed by atoms with E-state index in [0.29, 0.717) is 6.07 Å². The van der Waals surface area contributed by atoms with Crippen molar-refractivity contribution < 1.29 is 27.1 Å². The van der Waals surface area contributed by atoms with Gasteiger partial charge in [0.2, 0.25) is 0 Å². The second-order valence-corrected chi connectivity index (χ2v) is 3.08. The van der Waals surface area contributed by atoms with Crippen LogP contribution >= 0.6 is 0 Å². The number of rotatable bonds is 3. The Labute approximate surface area is 87.7 Å². The van der Waals surface area contributed by atoms with Crippen molar-refractivity contribution in [3.8, 4) is 0 Å². The Morgan fingerprint density at radius 1 is 1.19 bits per heavy atom. The fourth-order valence-corrected chi connectivity index (χ4v) is 1.20. The first-order chi connectivity index (χ1) is 7.29. The van der Waals surface area contributed by atoms with Gasteiger partial charge in [0.05, 0.1) is 5.56 Å². The quantitative estimate of drug-likeness (QED) is 0.825. The molecule has 0 atom stereocenters. The van der Waals surface area contributed by atoms with E-state index >= 15 is 0 Å². The van der Waals surface area contributed by atoms with Crippen molar-refractivity contribution in [1.29, 1.82) is 0 Å². The zero-order valence-corrected chi connectivity index (χ0v) is 7.93. The van der Waals surface area contributed by atoms with Crippen LogP contribution in [-0.2, 0) is 12.1 Å². The Morgan fingerprint density at radius 3 is 2.31 bits per heavy atom. The highest BCUT2D eigenvalue weighted by atomic mass is 19.4. The van der Waals surface area contributed by atoms with Crippen LogP contribution in [0.2, 0.25) is 0 Å². The second-order valence-electron chi connectivity index (χ2n) is 3.08. The molecule has 1 heterocycles. The van der Waals surface area contributed by atoms with Crippen molar-refractivity contribution in [2.45, 2.75) is 18.5 Å². The number of pyridine rings is 1. The summed E-state index contributed by atoms with van der Waals surface area (Å²) in [4.78, 5) is 2.91. The highest BCUT2D eigenvalue weighted by Crippen LogP contribution is 2.39. The molecule has 7 heteroatoms. The van der Waals surface area contributed by atoms with Gasteiger partial charge in [-0.15, -0.1) is 0 Å². The minimum atomic E-state index is -4.94. The lowest BCUT2D eigenvalue weighted by atomic mass is 10.0. The SMILES string of the molecule is OCCC(F)(F)c1cccnc1C(F)(F)F. The van der Waals surface area contributed by atoms with Gasteiger partial charge in [-0.3, -0.25) is 4.98 Å². The van der Waals surface area contributed by atoms with Crippen LogP contribution < -0.4 is 0 Å². The van der Waals surface area contributed by atoms with E-state index in [2.05, 4.69) is 4.98 Å². The number of nitrogens with zero attached hydrogens (tertiary/aromatic N) is 1. The van der Waals surface area contributed by atoms with Crippen LogP contribution in [0.1, 0.15) is 17.7 Å². The molecule has 0 bridgehead atoms. The van der Waals surface area contributed by atoms with Gasteiger partial charge in [0.25, 0.3) is 5.92 Å². The number of alkyl halides is 5. The summed E-state index contributed by atoms with van der Waals surface area (Å²) >= 11 is 0. The molecule has 1 aromatic rings. The van der Waals surface area contributed by atoms with Crippen molar-refractivity contribution in [2.24, 2.45) is 0 Å². The van der Waals surface area contributed by atoms with Crippen molar-refractivity contribution in [3.63, 3.8) is 0 Å². The maximum absolute atomic E-state index is 13.2. The van der Waals surface area contributed by atoms with Crippen molar-refractivity contribution in [2.75, 3.05) is 6.61 Å². The molecule has 0 unspecified atom stereocenters. The number of aromatic nitrogens is 1. The van der Waals surface area contributed by atoms with Gasteiger partial charge in [-0.25, -0.2) is 8.78 Å². The standard InChI is InChI=1S/C9H8F5NO/c10-8(11,3-5-16)6-2-1-4-15-7(6)9(12,13)14/h1-2,4,16H,3,5H2. The minimum Gasteiger partial charge on any atom is -0.396 e. The Bertz CT molecular complexity index is 363. The van der Waals surface area contributed by atoms with Crippen molar-refractivity contribution >= 4 is 0 Å². The Hall–Kier alpha value is -1.24. The van der Waals surface area contributed by atoms with E-state index in [-0.39, 0.29) is 0 Å². The highest BCUT2D eigenvalue weighted by molar-refractivity contribution is 5.27. The average Bonchev–Trinajstić information content (AvgIpc) is 2.16. The first-order valence-electron chi connectivity index (χ1n) is 4.30. The molecule has 0 aliphatic rings.